The van der Waals surface area contributed by atoms with Gasteiger partial charge < -0.3 is 10.4 Å². The van der Waals surface area contributed by atoms with E-state index in [2.05, 4.69) is 17.3 Å². The second kappa shape index (κ2) is 6.37. The first kappa shape index (κ1) is 15.7. The van der Waals surface area contributed by atoms with Crippen molar-refractivity contribution in [1.82, 2.24) is 15.1 Å². The van der Waals surface area contributed by atoms with Gasteiger partial charge in [0.05, 0.1) is 6.20 Å². The molecule has 4 nitrogen and oxygen atoms in total. The quantitative estimate of drug-likeness (QED) is 0.857. The predicted octanol–water partition coefficient (Wildman–Crippen LogP) is 2.16. The number of nitrogens with zero attached hydrogens (tertiary/aromatic N) is 2. The van der Waals surface area contributed by atoms with E-state index in [1.807, 2.05) is 13.2 Å². The highest BCUT2D eigenvalue weighted by Gasteiger charge is 2.24. The summed E-state index contributed by atoms with van der Waals surface area (Å²) in [4.78, 5) is 0. The van der Waals surface area contributed by atoms with Gasteiger partial charge in [-0.05, 0) is 30.5 Å². The molecule has 5 heteroatoms. The molecule has 0 radical (unpaired) electrons. The highest BCUT2D eigenvalue weighted by molar-refractivity contribution is 5.20. The van der Waals surface area contributed by atoms with Crippen LogP contribution in [0.4, 0.5) is 4.39 Å². The summed E-state index contributed by atoms with van der Waals surface area (Å²) < 4.78 is 14.6. The van der Waals surface area contributed by atoms with Gasteiger partial charge >= 0.3 is 0 Å². The van der Waals surface area contributed by atoms with Gasteiger partial charge in [-0.15, -0.1) is 0 Å². The molecule has 1 heterocycles. The number of aliphatic hydroxyl groups is 1. The van der Waals surface area contributed by atoms with Crippen molar-refractivity contribution < 1.29 is 9.50 Å². The third-order valence-corrected chi connectivity index (χ3v) is 3.69. The molecule has 0 aliphatic rings. The van der Waals surface area contributed by atoms with Crippen LogP contribution in [0.25, 0.3) is 0 Å². The summed E-state index contributed by atoms with van der Waals surface area (Å²) in [5.41, 5.74) is 0.897. The Kier molecular flexibility index (Phi) is 4.75. The molecule has 0 fully saturated rings. The van der Waals surface area contributed by atoms with E-state index >= 15 is 0 Å². The first-order chi connectivity index (χ1) is 9.88. The summed E-state index contributed by atoms with van der Waals surface area (Å²) in [6.07, 6.45) is 3.48. The Balaban J connectivity index is 1.87. The fourth-order valence-electron chi connectivity index (χ4n) is 2.24. The molecule has 1 aromatic heterocycles. The number of rotatable bonds is 6. The number of hydrogen-bond donors (Lipinski definition) is 2. The van der Waals surface area contributed by atoms with Crippen LogP contribution in [-0.2, 0) is 12.6 Å². The fraction of sp³-hybridized carbons (Fsp3) is 0.438. The minimum Gasteiger partial charge on any atom is -0.384 e. The van der Waals surface area contributed by atoms with Crippen LogP contribution in [0.15, 0.2) is 36.7 Å². The lowest BCUT2D eigenvalue weighted by Crippen LogP contribution is -2.36. The van der Waals surface area contributed by atoms with Gasteiger partial charge in [-0.25, -0.2) is 4.39 Å². The normalized spacial score (nSPS) is 15.7. The number of nitrogens with one attached hydrogen (secondary N) is 1. The number of hydrogen-bond acceptors (Lipinski definition) is 3. The predicted molar refractivity (Wildman–Crippen MR) is 80.5 cm³/mol. The lowest BCUT2D eigenvalue weighted by molar-refractivity contribution is 0.0568. The zero-order valence-electron chi connectivity index (χ0n) is 12.7. The summed E-state index contributed by atoms with van der Waals surface area (Å²) in [6.45, 7) is 4.98. The first-order valence-corrected chi connectivity index (χ1v) is 7.06. The lowest BCUT2D eigenvalue weighted by Gasteiger charge is -2.23. The Hall–Kier alpha value is -1.72. The van der Waals surface area contributed by atoms with E-state index in [4.69, 9.17) is 0 Å². The third-order valence-electron chi connectivity index (χ3n) is 3.69. The van der Waals surface area contributed by atoms with Gasteiger partial charge in [0, 0.05) is 31.9 Å². The van der Waals surface area contributed by atoms with Crippen LogP contribution in [0.5, 0.6) is 0 Å². The molecule has 1 aromatic carbocycles. The van der Waals surface area contributed by atoms with Crippen LogP contribution in [-0.4, -0.2) is 28.0 Å². The Morgan fingerprint density at radius 3 is 2.62 bits per heavy atom. The average Bonchev–Trinajstić information content (AvgIpc) is 2.87. The Morgan fingerprint density at radius 1 is 1.38 bits per heavy atom. The molecular weight excluding hydrogens is 269 g/mol. The molecule has 21 heavy (non-hydrogen) atoms. The van der Waals surface area contributed by atoms with Gasteiger partial charge in [-0.3, -0.25) is 4.68 Å². The van der Waals surface area contributed by atoms with Crippen molar-refractivity contribution in [2.75, 3.05) is 13.1 Å². The zero-order chi connectivity index (χ0) is 15.5. The summed E-state index contributed by atoms with van der Waals surface area (Å²) in [5, 5.41) is 17.8. The monoisotopic (exact) mass is 291 g/mol. The van der Waals surface area contributed by atoms with Gasteiger partial charge in [-0.1, -0.05) is 19.1 Å². The lowest BCUT2D eigenvalue weighted by atomic mass is 9.98. The molecule has 0 saturated carbocycles. The molecule has 2 aromatic rings. The maximum absolute atomic E-state index is 12.9. The van der Waals surface area contributed by atoms with Crippen molar-refractivity contribution in [2.45, 2.75) is 25.4 Å². The largest absolute Gasteiger partial charge is 0.384 e. The second-order valence-electron chi connectivity index (χ2n) is 5.76. The molecule has 0 spiro atoms. The van der Waals surface area contributed by atoms with Gasteiger partial charge in [0.2, 0.25) is 0 Å². The van der Waals surface area contributed by atoms with Crippen molar-refractivity contribution in [2.24, 2.45) is 7.05 Å². The maximum Gasteiger partial charge on any atom is 0.123 e. The van der Waals surface area contributed by atoms with E-state index in [1.165, 1.54) is 12.1 Å². The fourth-order valence-corrected chi connectivity index (χ4v) is 2.24. The SMILES string of the molecule is CC(CNCC(C)(O)c1cnn(C)c1)c1ccc(F)cc1. The Labute approximate surface area is 124 Å². The molecule has 2 N–H and O–H groups in total. The van der Waals surface area contributed by atoms with Crippen LogP contribution < -0.4 is 5.32 Å². The second-order valence-corrected chi connectivity index (χ2v) is 5.76. The van der Waals surface area contributed by atoms with E-state index in [1.54, 1.807) is 29.9 Å². The van der Waals surface area contributed by atoms with Crippen molar-refractivity contribution in [1.29, 1.82) is 0 Å². The summed E-state index contributed by atoms with van der Waals surface area (Å²) in [7, 11) is 1.82. The summed E-state index contributed by atoms with van der Waals surface area (Å²) in [6, 6.07) is 6.52. The van der Waals surface area contributed by atoms with Crippen molar-refractivity contribution in [3.63, 3.8) is 0 Å². The van der Waals surface area contributed by atoms with Gasteiger partial charge in [0.25, 0.3) is 0 Å². The van der Waals surface area contributed by atoms with E-state index in [-0.39, 0.29) is 11.7 Å². The van der Waals surface area contributed by atoms with Crippen LogP contribution in [0, 0.1) is 5.82 Å². The Bertz CT molecular complexity index is 577. The summed E-state index contributed by atoms with van der Waals surface area (Å²) >= 11 is 0. The molecule has 0 aliphatic heterocycles. The number of benzene rings is 1. The van der Waals surface area contributed by atoms with Gasteiger partial charge in [-0.2, -0.15) is 5.10 Å². The van der Waals surface area contributed by atoms with Crippen LogP contribution >= 0.6 is 0 Å². The molecular formula is C16H22FN3O. The van der Waals surface area contributed by atoms with E-state index in [0.29, 0.717) is 13.1 Å². The highest BCUT2D eigenvalue weighted by atomic mass is 19.1. The van der Waals surface area contributed by atoms with E-state index in [9.17, 15) is 9.50 Å². The molecule has 2 rings (SSSR count). The standard InChI is InChI=1S/C16H22FN3O/c1-12(13-4-6-15(17)7-5-13)8-18-11-16(2,21)14-9-19-20(3)10-14/h4-7,9-10,12,18,21H,8,11H2,1-3H3. The van der Waals surface area contributed by atoms with E-state index < -0.39 is 5.60 Å². The zero-order valence-corrected chi connectivity index (χ0v) is 12.7. The van der Waals surface area contributed by atoms with Crippen LogP contribution in [0.2, 0.25) is 0 Å². The number of halogens is 1. The molecule has 0 saturated heterocycles. The van der Waals surface area contributed by atoms with Crippen molar-refractivity contribution in [3.8, 4) is 0 Å². The Morgan fingerprint density at radius 2 is 2.05 bits per heavy atom. The molecule has 114 valence electrons. The molecule has 0 aliphatic carbocycles. The molecule has 0 bridgehead atoms. The maximum atomic E-state index is 12.9. The first-order valence-electron chi connectivity index (χ1n) is 7.06. The number of aryl methyl sites for hydroxylation is 1. The minimum absolute atomic E-state index is 0.224. The average molecular weight is 291 g/mol. The minimum atomic E-state index is -0.962. The molecule has 2 unspecified atom stereocenters. The number of aromatic nitrogens is 2. The van der Waals surface area contributed by atoms with Gasteiger partial charge in [0.1, 0.15) is 11.4 Å². The summed E-state index contributed by atoms with van der Waals surface area (Å²) in [5.74, 6) is 0.0220. The van der Waals surface area contributed by atoms with Crippen LogP contribution in [0.1, 0.15) is 30.9 Å². The molecule has 2 atom stereocenters. The third kappa shape index (κ3) is 4.12. The van der Waals surface area contributed by atoms with Gasteiger partial charge in [0.15, 0.2) is 0 Å². The van der Waals surface area contributed by atoms with Crippen molar-refractivity contribution >= 4 is 0 Å². The highest BCUT2D eigenvalue weighted by Crippen LogP contribution is 2.19. The smallest absolute Gasteiger partial charge is 0.123 e. The van der Waals surface area contributed by atoms with Crippen LogP contribution in [0.3, 0.4) is 0 Å². The molecule has 0 amide bonds. The topological polar surface area (TPSA) is 50.1 Å². The van der Waals surface area contributed by atoms with Crippen molar-refractivity contribution in [3.05, 3.63) is 53.6 Å². The van der Waals surface area contributed by atoms with E-state index in [0.717, 1.165) is 11.1 Å².